The number of aromatic nitrogens is 3. The van der Waals surface area contributed by atoms with E-state index in [-0.39, 0.29) is 11.8 Å². The van der Waals surface area contributed by atoms with Gasteiger partial charge < -0.3 is 10.1 Å². The van der Waals surface area contributed by atoms with Crippen LogP contribution in [0.4, 0.5) is 5.69 Å². The third-order valence-electron chi connectivity index (χ3n) is 5.32. The first-order valence-electron chi connectivity index (χ1n) is 11.1. The van der Waals surface area contributed by atoms with Crippen molar-refractivity contribution in [3.63, 3.8) is 0 Å². The molecule has 6 nitrogen and oxygen atoms in total. The zero-order chi connectivity index (χ0) is 22.2. The lowest BCUT2D eigenvalue weighted by molar-refractivity contribution is -0.120. The first-order chi connectivity index (χ1) is 15.0. The molecule has 3 aromatic rings. The van der Waals surface area contributed by atoms with E-state index in [1.807, 2.05) is 43.3 Å². The summed E-state index contributed by atoms with van der Waals surface area (Å²) in [6.07, 6.45) is 3.95. The third-order valence-corrected chi connectivity index (χ3v) is 5.32. The van der Waals surface area contributed by atoms with Gasteiger partial charge in [-0.25, -0.2) is 4.68 Å². The Hall–Kier alpha value is -3.15. The van der Waals surface area contributed by atoms with Gasteiger partial charge in [0.1, 0.15) is 0 Å². The number of benzene rings is 2. The molecule has 31 heavy (non-hydrogen) atoms. The molecule has 0 saturated carbocycles. The van der Waals surface area contributed by atoms with Crippen LogP contribution in [-0.4, -0.2) is 27.3 Å². The second-order valence-corrected chi connectivity index (χ2v) is 7.71. The van der Waals surface area contributed by atoms with E-state index in [1.165, 1.54) is 5.56 Å². The molecule has 0 bridgehead atoms. The number of hydrogen-bond donors (Lipinski definition) is 1. The highest BCUT2D eigenvalue weighted by molar-refractivity contribution is 5.92. The van der Waals surface area contributed by atoms with Crippen LogP contribution in [0.2, 0.25) is 0 Å². The fraction of sp³-hybridized carbons (Fsp3) is 0.400. The average molecular weight is 421 g/mol. The van der Waals surface area contributed by atoms with Crippen LogP contribution in [-0.2, 0) is 4.79 Å². The molecule has 2 aromatic carbocycles. The van der Waals surface area contributed by atoms with E-state index < -0.39 is 0 Å². The molecule has 0 unspecified atom stereocenters. The summed E-state index contributed by atoms with van der Waals surface area (Å²) < 4.78 is 7.32. The largest absolute Gasteiger partial charge is 0.463 e. The highest BCUT2D eigenvalue weighted by atomic mass is 16.5. The number of nitrogens with zero attached hydrogens (tertiary/aromatic N) is 3. The SMILES string of the molecule is CCCC[C@H](CC)C(=O)Nc1ccc(-n2nc(OCC)nc2-c2ccc(C)cc2)cc1. The Balaban J connectivity index is 1.83. The number of carbonyl (C=O) groups is 1. The summed E-state index contributed by atoms with van der Waals surface area (Å²) in [6.45, 7) is 8.68. The average Bonchev–Trinajstić information content (AvgIpc) is 3.19. The molecule has 0 saturated heterocycles. The Labute approximate surface area is 184 Å². The molecule has 0 spiro atoms. The predicted molar refractivity (Wildman–Crippen MR) is 125 cm³/mol. The lowest BCUT2D eigenvalue weighted by atomic mass is 9.98. The maximum absolute atomic E-state index is 12.6. The number of rotatable bonds is 10. The summed E-state index contributed by atoms with van der Waals surface area (Å²) in [5.74, 6) is 0.853. The van der Waals surface area contributed by atoms with Crippen LogP contribution in [0.1, 0.15) is 52.0 Å². The molecule has 6 heteroatoms. The van der Waals surface area contributed by atoms with Gasteiger partial charge in [0.15, 0.2) is 5.82 Å². The van der Waals surface area contributed by atoms with Crippen molar-refractivity contribution in [3.05, 3.63) is 54.1 Å². The van der Waals surface area contributed by atoms with Crippen molar-refractivity contribution in [3.8, 4) is 23.1 Å². The fourth-order valence-corrected chi connectivity index (χ4v) is 3.45. The Bertz CT molecular complexity index is 978. The number of carbonyl (C=O) groups excluding carboxylic acids is 1. The van der Waals surface area contributed by atoms with E-state index in [4.69, 9.17) is 4.74 Å². The lowest BCUT2D eigenvalue weighted by Crippen LogP contribution is -2.22. The van der Waals surface area contributed by atoms with Gasteiger partial charge in [-0.2, -0.15) is 4.98 Å². The minimum atomic E-state index is 0.0526. The van der Waals surface area contributed by atoms with E-state index in [2.05, 4.69) is 48.3 Å². The lowest BCUT2D eigenvalue weighted by Gasteiger charge is -2.15. The summed E-state index contributed by atoms with van der Waals surface area (Å²) in [5, 5.41) is 7.58. The summed E-state index contributed by atoms with van der Waals surface area (Å²) in [4.78, 5) is 17.2. The monoisotopic (exact) mass is 420 g/mol. The number of aryl methyl sites for hydroxylation is 1. The smallest absolute Gasteiger partial charge is 0.336 e. The summed E-state index contributed by atoms with van der Waals surface area (Å²) in [7, 11) is 0. The minimum absolute atomic E-state index is 0.0526. The molecule has 164 valence electrons. The molecule has 1 aromatic heterocycles. The Morgan fingerprint density at radius 2 is 1.77 bits per heavy atom. The molecular formula is C25H32N4O2. The molecule has 1 atom stereocenters. The minimum Gasteiger partial charge on any atom is -0.463 e. The number of amides is 1. The molecule has 0 aliphatic rings. The van der Waals surface area contributed by atoms with Gasteiger partial charge in [-0.05, 0) is 51.0 Å². The first-order valence-corrected chi connectivity index (χ1v) is 11.1. The van der Waals surface area contributed by atoms with Crippen molar-refractivity contribution >= 4 is 11.6 Å². The molecule has 0 radical (unpaired) electrons. The normalized spacial score (nSPS) is 11.9. The van der Waals surface area contributed by atoms with Crippen LogP contribution >= 0.6 is 0 Å². The second kappa shape index (κ2) is 10.8. The van der Waals surface area contributed by atoms with Gasteiger partial charge in [0.25, 0.3) is 0 Å². The first kappa shape index (κ1) is 22.5. The van der Waals surface area contributed by atoms with Crippen molar-refractivity contribution in [2.75, 3.05) is 11.9 Å². The summed E-state index contributed by atoms with van der Waals surface area (Å²) in [6, 6.07) is 16.2. The van der Waals surface area contributed by atoms with Gasteiger partial charge in [0.2, 0.25) is 5.91 Å². The number of anilines is 1. The maximum Gasteiger partial charge on any atom is 0.336 e. The quantitative estimate of drug-likeness (QED) is 0.450. The zero-order valence-electron chi connectivity index (χ0n) is 18.9. The Morgan fingerprint density at radius 3 is 2.39 bits per heavy atom. The molecule has 3 rings (SSSR count). The molecular weight excluding hydrogens is 388 g/mol. The van der Waals surface area contributed by atoms with Gasteiger partial charge >= 0.3 is 6.01 Å². The van der Waals surface area contributed by atoms with E-state index in [9.17, 15) is 4.79 Å². The van der Waals surface area contributed by atoms with Crippen LogP contribution in [0, 0.1) is 12.8 Å². The zero-order valence-corrected chi connectivity index (χ0v) is 18.9. The maximum atomic E-state index is 12.6. The van der Waals surface area contributed by atoms with Crippen LogP contribution in [0.15, 0.2) is 48.5 Å². The molecule has 0 aliphatic heterocycles. The van der Waals surface area contributed by atoms with Crippen LogP contribution < -0.4 is 10.1 Å². The van der Waals surface area contributed by atoms with Gasteiger partial charge in [0.05, 0.1) is 12.3 Å². The van der Waals surface area contributed by atoms with Crippen molar-refractivity contribution in [1.29, 1.82) is 0 Å². The van der Waals surface area contributed by atoms with Crippen LogP contribution in [0.5, 0.6) is 6.01 Å². The van der Waals surface area contributed by atoms with Gasteiger partial charge in [0, 0.05) is 17.2 Å². The van der Waals surface area contributed by atoms with E-state index in [0.29, 0.717) is 18.4 Å². The van der Waals surface area contributed by atoms with E-state index >= 15 is 0 Å². The highest BCUT2D eigenvalue weighted by Crippen LogP contribution is 2.25. The molecule has 1 amide bonds. The van der Waals surface area contributed by atoms with Gasteiger partial charge in [-0.1, -0.05) is 56.5 Å². The third kappa shape index (κ3) is 5.72. The number of unbranched alkanes of at least 4 members (excludes halogenated alkanes) is 1. The summed E-state index contributed by atoms with van der Waals surface area (Å²) in [5.41, 5.74) is 3.78. The number of hydrogen-bond acceptors (Lipinski definition) is 4. The highest BCUT2D eigenvalue weighted by Gasteiger charge is 2.17. The Kier molecular flexibility index (Phi) is 7.82. The van der Waals surface area contributed by atoms with Gasteiger partial charge in [-0.3, -0.25) is 4.79 Å². The number of nitrogens with one attached hydrogen (secondary N) is 1. The molecule has 0 aliphatic carbocycles. The van der Waals surface area contributed by atoms with Crippen molar-refractivity contribution in [2.24, 2.45) is 5.92 Å². The van der Waals surface area contributed by atoms with Crippen molar-refractivity contribution in [1.82, 2.24) is 14.8 Å². The van der Waals surface area contributed by atoms with E-state index in [1.54, 1.807) is 4.68 Å². The molecule has 1 N–H and O–H groups in total. The van der Waals surface area contributed by atoms with Gasteiger partial charge in [-0.15, -0.1) is 5.10 Å². The number of ether oxygens (including phenoxy) is 1. The van der Waals surface area contributed by atoms with Crippen LogP contribution in [0.3, 0.4) is 0 Å². The topological polar surface area (TPSA) is 69.0 Å². The van der Waals surface area contributed by atoms with E-state index in [0.717, 1.165) is 42.6 Å². The van der Waals surface area contributed by atoms with Crippen LogP contribution in [0.25, 0.3) is 17.1 Å². The van der Waals surface area contributed by atoms with Crippen molar-refractivity contribution < 1.29 is 9.53 Å². The second-order valence-electron chi connectivity index (χ2n) is 7.71. The predicted octanol–water partition coefficient (Wildman–Crippen LogP) is 5.80. The Morgan fingerprint density at radius 1 is 1.06 bits per heavy atom. The summed E-state index contributed by atoms with van der Waals surface area (Å²) >= 11 is 0. The fourth-order valence-electron chi connectivity index (χ4n) is 3.45. The molecule has 0 fully saturated rings. The standard InChI is InChI=1S/C25H32N4O2/c1-5-8-9-19(6-2)24(30)26-21-14-16-22(17-15-21)29-23(27-25(28-29)31-7-3)20-12-10-18(4)11-13-20/h10-17,19H,5-9H2,1-4H3,(H,26,30)/t19-/m0/s1. The molecule has 1 heterocycles. The van der Waals surface area contributed by atoms with Crippen molar-refractivity contribution in [2.45, 2.75) is 53.4 Å².